The van der Waals surface area contributed by atoms with Crippen molar-refractivity contribution in [3.8, 4) is 0 Å². The van der Waals surface area contributed by atoms with Crippen LogP contribution in [0.1, 0.15) is 22.5 Å². The maximum atomic E-state index is 12.2. The van der Waals surface area contributed by atoms with Crippen LogP contribution in [-0.2, 0) is 0 Å². The molecule has 2 N–H and O–H groups in total. The van der Waals surface area contributed by atoms with Crippen LogP contribution in [0.15, 0.2) is 18.2 Å². The average molecular weight is 294 g/mol. The van der Waals surface area contributed by atoms with Gasteiger partial charge in [-0.05, 0) is 57.7 Å². The average Bonchev–Trinajstić information content (AvgIpc) is 2.72. The third-order valence-corrected chi connectivity index (χ3v) is 3.55. The Labute approximate surface area is 124 Å². The molecule has 0 saturated carbocycles. The number of fused-ring (bicyclic) bond motifs is 1. The zero-order valence-electron chi connectivity index (χ0n) is 12.1. The van der Waals surface area contributed by atoms with Crippen LogP contribution in [0.2, 0.25) is 5.02 Å². The number of hydrogen-bond acceptors (Lipinski definition) is 2. The summed E-state index contributed by atoms with van der Waals surface area (Å²) in [5, 5.41) is 4.62. The van der Waals surface area contributed by atoms with Gasteiger partial charge < -0.3 is 15.2 Å². The highest BCUT2D eigenvalue weighted by atomic mass is 35.5. The first-order valence-electron chi connectivity index (χ1n) is 6.70. The number of carbonyl (C=O) groups excluding carboxylic acids is 1. The summed E-state index contributed by atoms with van der Waals surface area (Å²) in [7, 11) is 4.04. The van der Waals surface area contributed by atoms with Crippen molar-refractivity contribution in [1.82, 2.24) is 15.2 Å². The van der Waals surface area contributed by atoms with Crippen LogP contribution in [0.25, 0.3) is 10.9 Å². The van der Waals surface area contributed by atoms with Crippen molar-refractivity contribution in [2.24, 2.45) is 0 Å². The van der Waals surface area contributed by atoms with Crippen LogP contribution in [0.3, 0.4) is 0 Å². The lowest BCUT2D eigenvalue weighted by molar-refractivity contribution is 0.0947. The normalized spacial score (nSPS) is 11.2. The number of rotatable bonds is 5. The molecule has 1 amide bonds. The summed E-state index contributed by atoms with van der Waals surface area (Å²) in [5.41, 5.74) is 2.49. The fourth-order valence-electron chi connectivity index (χ4n) is 2.21. The highest BCUT2D eigenvalue weighted by molar-refractivity contribution is 6.31. The molecule has 0 bridgehead atoms. The summed E-state index contributed by atoms with van der Waals surface area (Å²) in [6, 6.07) is 5.59. The zero-order chi connectivity index (χ0) is 14.7. The molecule has 20 heavy (non-hydrogen) atoms. The van der Waals surface area contributed by atoms with Crippen LogP contribution < -0.4 is 5.32 Å². The molecule has 4 nitrogen and oxygen atoms in total. The van der Waals surface area contributed by atoms with E-state index in [1.54, 1.807) is 0 Å². The van der Waals surface area contributed by atoms with Gasteiger partial charge in [-0.15, -0.1) is 0 Å². The molecule has 0 aliphatic rings. The monoisotopic (exact) mass is 293 g/mol. The highest BCUT2D eigenvalue weighted by Crippen LogP contribution is 2.24. The molecular formula is C15H20ClN3O. The van der Waals surface area contributed by atoms with Crippen LogP contribution in [-0.4, -0.2) is 43.0 Å². The van der Waals surface area contributed by atoms with Gasteiger partial charge in [0, 0.05) is 22.5 Å². The van der Waals surface area contributed by atoms with Gasteiger partial charge in [-0.1, -0.05) is 11.6 Å². The van der Waals surface area contributed by atoms with E-state index in [0.717, 1.165) is 29.4 Å². The molecule has 1 aromatic carbocycles. The summed E-state index contributed by atoms with van der Waals surface area (Å²) < 4.78 is 0. The second-order valence-electron chi connectivity index (χ2n) is 5.23. The smallest absolute Gasteiger partial charge is 0.268 e. The van der Waals surface area contributed by atoms with E-state index < -0.39 is 0 Å². The summed E-state index contributed by atoms with van der Waals surface area (Å²) >= 11 is 5.99. The summed E-state index contributed by atoms with van der Waals surface area (Å²) in [4.78, 5) is 17.4. The molecule has 1 heterocycles. The third-order valence-electron chi connectivity index (χ3n) is 3.32. The number of benzene rings is 1. The Kier molecular flexibility index (Phi) is 4.68. The molecule has 108 valence electrons. The van der Waals surface area contributed by atoms with Crippen molar-refractivity contribution in [3.05, 3.63) is 34.5 Å². The third kappa shape index (κ3) is 3.32. The van der Waals surface area contributed by atoms with Gasteiger partial charge in [0.25, 0.3) is 5.91 Å². The predicted molar refractivity (Wildman–Crippen MR) is 83.5 cm³/mol. The van der Waals surface area contributed by atoms with Gasteiger partial charge in [-0.2, -0.15) is 0 Å². The summed E-state index contributed by atoms with van der Waals surface area (Å²) in [6.07, 6.45) is 0.934. The molecule has 0 spiro atoms. The number of H-pyrrole nitrogens is 1. The number of hydrogen-bond donors (Lipinski definition) is 2. The standard InChI is InChI=1S/C15H20ClN3O/c1-10-12-9-11(16)5-6-13(12)18-14(10)15(20)17-7-4-8-19(2)3/h5-6,9,18H,4,7-8H2,1-3H3,(H,17,20). The Morgan fingerprint density at radius 3 is 2.85 bits per heavy atom. The quantitative estimate of drug-likeness (QED) is 0.833. The lowest BCUT2D eigenvalue weighted by Gasteiger charge is -2.09. The first-order valence-corrected chi connectivity index (χ1v) is 7.07. The van der Waals surface area contributed by atoms with Gasteiger partial charge in [0.05, 0.1) is 0 Å². The van der Waals surface area contributed by atoms with E-state index in [0.29, 0.717) is 17.3 Å². The van der Waals surface area contributed by atoms with Crippen LogP contribution in [0.5, 0.6) is 0 Å². The molecular weight excluding hydrogens is 274 g/mol. The number of amides is 1. The second kappa shape index (κ2) is 6.29. The Hall–Kier alpha value is -1.52. The van der Waals surface area contributed by atoms with Gasteiger partial charge in [-0.25, -0.2) is 0 Å². The number of aromatic nitrogens is 1. The molecule has 0 saturated heterocycles. The fraction of sp³-hybridized carbons (Fsp3) is 0.400. The van der Waals surface area contributed by atoms with Crippen molar-refractivity contribution >= 4 is 28.4 Å². The Balaban J connectivity index is 2.08. The molecule has 0 unspecified atom stereocenters. The molecule has 2 aromatic rings. The van der Waals surface area contributed by atoms with Crippen LogP contribution >= 0.6 is 11.6 Å². The van der Waals surface area contributed by atoms with Crippen molar-refractivity contribution in [2.75, 3.05) is 27.2 Å². The van der Waals surface area contributed by atoms with E-state index in [2.05, 4.69) is 15.2 Å². The van der Waals surface area contributed by atoms with E-state index >= 15 is 0 Å². The minimum atomic E-state index is -0.0615. The zero-order valence-corrected chi connectivity index (χ0v) is 12.8. The van der Waals surface area contributed by atoms with E-state index in [9.17, 15) is 4.79 Å². The lowest BCUT2D eigenvalue weighted by atomic mass is 10.1. The van der Waals surface area contributed by atoms with Gasteiger partial charge in [-0.3, -0.25) is 4.79 Å². The lowest BCUT2D eigenvalue weighted by Crippen LogP contribution is -2.27. The van der Waals surface area contributed by atoms with Crippen molar-refractivity contribution in [1.29, 1.82) is 0 Å². The summed E-state index contributed by atoms with van der Waals surface area (Å²) in [5.74, 6) is -0.0615. The Morgan fingerprint density at radius 1 is 1.40 bits per heavy atom. The number of halogens is 1. The van der Waals surface area contributed by atoms with Crippen molar-refractivity contribution in [3.63, 3.8) is 0 Å². The van der Waals surface area contributed by atoms with E-state index in [4.69, 9.17) is 11.6 Å². The van der Waals surface area contributed by atoms with Gasteiger partial charge in [0.2, 0.25) is 0 Å². The number of aryl methyl sites for hydroxylation is 1. The highest BCUT2D eigenvalue weighted by Gasteiger charge is 2.14. The molecule has 1 aromatic heterocycles. The first kappa shape index (κ1) is 14.9. The Morgan fingerprint density at radius 2 is 2.15 bits per heavy atom. The SMILES string of the molecule is Cc1c(C(=O)NCCCN(C)C)[nH]c2ccc(Cl)cc12. The number of nitrogens with one attached hydrogen (secondary N) is 2. The van der Waals surface area contributed by atoms with Crippen LogP contribution in [0.4, 0.5) is 0 Å². The first-order chi connectivity index (χ1) is 9.49. The largest absolute Gasteiger partial charge is 0.351 e. The minimum absolute atomic E-state index is 0.0615. The molecule has 0 fully saturated rings. The van der Waals surface area contributed by atoms with Crippen LogP contribution in [0, 0.1) is 6.92 Å². The number of carbonyl (C=O) groups is 1. The number of aromatic amines is 1. The maximum Gasteiger partial charge on any atom is 0.268 e. The predicted octanol–water partition coefficient (Wildman–Crippen LogP) is 2.81. The second-order valence-corrected chi connectivity index (χ2v) is 5.66. The van der Waals surface area contributed by atoms with Gasteiger partial charge in [0.1, 0.15) is 5.69 Å². The van der Waals surface area contributed by atoms with E-state index in [-0.39, 0.29) is 5.91 Å². The van der Waals surface area contributed by atoms with Crippen molar-refractivity contribution < 1.29 is 4.79 Å². The van der Waals surface area contributed by atoms with Gasteiger partial charge >= 0.3 is 0 Å². The van der Waals surface area contributed by atoms with Gasteiger partial charge in [0.15, 0.2) is 0 Å². The number of nitrogens with zero attached hydrogens (tertiary/aromatic N) is 1. The van der Waals surface area contributed by atoms with E-state index in [1.165, 1.54) is 0 Å². The minimum Gasteiger partial charge on any atom is -0.351 e. The fourth-order valence-corrected chi connectivity index (χ4v) is 2.38. The van der Waals surface area contributed by atoms with E-state index in [1.807, 2.05) is 39.2 Å². The molecule has 5 heteroatoms. The molecule has 0 aliphatic heterocycles. The topological polar surface area (TPSA) is 48.1 Å². The molecule has 0 atom stereocenters. The molecule has 0 radical (unpaired) electrons. The maximum absolute atomic E-state index is 12.2. The Bertz CT molecular complexity index is 619. The van der Waals surface area contributed by atoms with Crippen molar-refractivity contribution in [2.45, 2.75) is 13.3 Å². The summed E-state index contributed by atoms with van der Waals surface area (Å²) in [6.45, 7) is 3.57. The molecule has 0 aliphatic carbocycles. The molecule has 2 rings (SSSR count).